The highest BCUT2D eigenvalue weighted by molar-refractivity contribution is 5.11. The Labute approximate surface area is 82.4 Å². The van der Waals surface area contributed by atoms with Crippen LogP contribution in [0.5, 0.6) is 0 Å². The van der Waals surface area contributed by atoms with Gasteiger partial charge in [-0.15, -0.1) is 5.73 Å². The molecule has 72 valence electrons. The Kier molecular flexibility index (Phi) is 7.05. The summed E-state index contributed by atoms with van der Waals surface area (Å²) in [6, 6.07) is 0. The van der Waals surface area contributed by atoms with Gasteiger partial charge in [0.05, 0.1) is 0 Å². The Bertz CT molecular complexity index is 214. The minimum absolute atomic E-state index is 0.668. The molecule has 0 aliphatic carbocycles. The third-order valence-electron chi connectivity index (χ3n) is 2.00. The lowest BCUT2D eigenvalue weighted by molar-refractivity contribution is 0.579. The summed E-state index contributed by atoms with van der Waals surface area (Å²) in [5, 5.41) is 0. The molecule has 0 aliphatic heterocycles. The van der Waals surface area contributed by atoms with E-state index in [-0.39, 0.29) is 0 Å². The molecule has 0 rings (SSSR count). The standard InChI is InChI=1S/C13H20/c1-5-7-8-9-13(6-2)11-10-12(3)4/h7,10-11,13H,1,3,6,8-9H2,2,4H3. The Balaban J connectivity index is 3.88. The summed E-state index contributed by atoms with van der Waals surface area (Å²) in [6.07, 6.45) is 9.79. The van der Waals surface area contributed by atoms with Crippen molar-refractivity contribution in [1.29, 1.82) is 0 Å². The molecule has 0 amide bonds. The van der Waals surface area contributed by atoms with Gasteiger partial charge in [0.2, 0.25) is 0 Å². The Hall–Kier alpha value is -1.00. The van der Waals surface area contributed by atoms with E-state index in [1.165, 1.54) is 12.8 Å². The zero-order valence-electron chi connectivity index (χ0n) is 8.84. The van der Waals surface area contributed by atoms with E-state index in [1.54, 1.807) is 0 Å². The molecule has 0 saturated heterocycles. The molecule has 0 aliphatic rings. The van der Waals surface area contributed by atoms with Gasteiger partial charge < -0.3 is 0 Å². The molecule has 0 aromatic carbocycles. The molecule has 1 unspecified atom stereocenters. The van der Waals surface area contributed by atoms with Gasteiger partial charge in [0.1, 0.15) is 0 Å². The molecule has 0 aromatic rings. The van der Waals surface area contributed by atoms with Crippen molar-refractivity contribution in [2.75, 3.05) is 0 Å². The number of hydrogen-bond acceptors (Lipinski definition) is 0. The first-order valence-corrected chi connectivity index (χ1v) is 4.88. The molecule has 0 aromatic heterocycles. The van der Waals surface area contributed by atoms with Crippen molar-refractivity contribution >= 4 is 0 Å². The monoisotopic (exact) mass is 176 g/mol. The highest BCUT2D eigenvalue weighted by Gasteiger charge is 1.99. The number of allylic oxidation sites excluding steroid dienone is 4. The van der Waals surface area contributed by atoms with Crippen LogP contribution in [0.3, 0.4) is 0 Å². The largest absolute Gasteiger partial charge is 0.133 e. The van der Waals surface area contributed by atoms with Gasteiger partial charge in [-0.1, -0.05) is 37.8 Å². The van der Waals surface area contributed by atoms with E-state index in [2.05, 4.69) is 38.0 Å². The molecule has 13 heavy (non-hydrogen) atoms. The highest BCUT2D eigenvalue weighted by atomic mass is 14.0. The van der Waals surface area contributed by atoms with Gasteiger partial charge >= 0.3 is 0 Å². The summed E-state index contributed by atoms with van der Waals surface area (Å²) in [6.45, 7) is 11.6. The fraction of sp³-hybridized carbons (Fsp3) is 0.462. The number of hydrogen-bond donors (Lipinski definition) is 0. The maximum Gasteiger partial charge on any atom is -0.0230 e. The van der Waals surface area contributed by atoms with Crippen LogP contribution in [0, 0.1) is 5.92 Å². The lowest BCUT2D eigenvalue weighted by atomic mass is 9.99. The van der Waals surface area contributed by atoms with Gasteiger partial charge in [-0.25, -0.2) is 0 Å². The van der Waals surface area contributed by atoms with Crippen molar-refractivity contribution in [3.8, 4) is 0 Å². The van der Waals surface area contributed by atoms with Crippen LogP contribution >= 0.6 is 0 Å². The van der Waals surface area contributed by atoms with Crippen molar-refractivity contribution in [2.45, 2.75) is 33.1 Å². The van der Waals surface area contributed by atoms with Gasteiger partial charge in [0.25, 0.3) is 0 Å². The zero-order chi connectivity index (χ0) is 10.1. The average molecular weight is 176 g/mol. The summed E-state index contributed by atoms with van der Waals surface area (Å²) in [7, 11) is 0. The Morgan fingerprint density at radius 3 is 2.69 bits per heavy atom. The van der Waals surface area contributed by atoms with Crippen LogP contribution in [-0.4, -0.2) is 0 Å². The first-order chi connectivity index (χ1) is 6.20. The van der Waals surface area contributed by atoms with Crippen molar-refractivity contribution in [2.24, 2.45) is 5.92 Å². The fourth-order valence-corrected chi connectivity index (χ4v) is 1.14. The first kappa shape index (κ1) is 12.0. The van der Waals surface area contributed by atoms with Gasteiger partial charge in [0.15, 0.2) is 0 Å². The van der Waals surface area contributed by atoms with Crippen LogP contribution < -0.4 is 0 Å². The lowest BCUT2D eigenvalue weighted by Crippen LogP contribution is -1.92. The topological polar surface area (TPSA) is 0 Å². The second-order valence-corrected chi connectivity index (χ2v) is 3.36. The molecular formula is C13H20. The van der Waals surface area contributed by atoms with E-state index in [0.717, 1.165) is 12.0 Å². The maximum atomic E-state index is 3.84. The molecule has 0 bridgehead atoms. The van der Waals surface area contributed by atoms with Gasteiger partial charge in [0, 0.05) is 0 Å². The minimum Gasteiger partial charge on any atom is -0.133 e. The third kappa shape index (κ3) is 7.36. The van der Waals surface area contributed by atoms with Crippen LogP contribution in [0.4, 0.5) is 0 Å². The van der Waals surface area contributed by atoms with Gasteiger partial charge in [-0.05, 0) is 38.2 Å². The average Bonchev–Trinajstić information content (AvgIpc) is 2.10. The summed E-state index contributed by atoms with van der Waals surface area (Å²) >= 11 is 0. The molecule has 0 fully saturated rings. The van der Waals surface area contributed by atoms with Crippen LogP contribution in [0.15, 0.2) is 42.7 Å². The summed E-state index contributed by atoms with van der Waals surface area (Å²) in [5.74, 6) is 0.668. The molecule has 0 heterocycles. The maximum absolute atomic E-state index is 3.84. The molecule has 0 spiro atoms. The molecule has 0 heteroatoms. The van der Waals surface area contributed by atoms with Crippen LogP contribution in [0.25, 0.3) is 0 Å². The van der Waals surface area contributed by atoms with Crippen LogP contribution in [0.2, 0.25) is 0 Å². The Morgan fingerprint density at radius 2 is 2.23 bits per heavy atom. The summed E-state index contributed by atoms with van der Waals surface area (Å²) < 4.78 is 0. The van der Waals surface area contributed by atoms with E-state index in [0.29, 0.717) is 5.92 Å². The van der Waals surface area contributed by atoms with E-state index in [1.807, 2.05) is 13.0 Å². The van der Waals surface area contributed by atoms with Crippen LogP contribution in [-0.2, 0) is 0 Å². The zero-order valence-corrected chi connectivity index (χ0v) is 8.84. The first-order valence-electron chi connectivity index (χ1n) is 4.88. The van der Waals surface area contributed by atoms with Crippen molar-refractivity contribution < 1.29 is 0 Å². The fourth-order valence-electron chi connectivity index (χ4n) is 1.14. The summed E-state index contributed by atoms with van der Waals surface area (Å²) in [4.78, 5) is 0. The molecule has 0 saturated carbocycles. The predicted octanol–water partition coefficient (Wildman–Crippen LogP) is 4.27. The number of rotatable bonds is 6. The van der Waals surface area contributed by atoms with Gasteiger partial charge in [-0.2, -0.15) is 0 Å². The molecule has 0 N–H and O–H groups in total. The van der Waals surface area contributed by atoms with Crippen molar-refractivity contribution in [3.05, 3.63) is 42.7 Å². The van der Waals surface area contributed by atoms with E-state index >= 15 is 0 Å². The van der Waals surface area contributed by atoms with Gasteiger partial charge in [-0.3, -0.25) is 0 Å². The SMILES string of the molecule is C=C=CCCC(C=CC(=C)C)CC. The smallest absolute Gasteiger partial charge is 0.0230 e. The van der Waals surface area contributed by atoms with E-state index < -0.39 is 0 Å². The normalized spacial score (nSPS) is 12.5. The molecular weight excluding hydrogens is 156 g/mol. The predicted molar refractivity (Wildman–Crippen MR) is 60.7 cm³/mol. The second kappa shape index (κ2) is 7.64. The quantitative estimate of drug-likeness (QED) is 0.419. The second-order valence-electron chi connectivity index (χ2n) is 3.36. The van der Waals surface area contributed by atoms with Crippen molar-refractivity contribution in [1.82, 2.24) is 0 Å². The minimum atomic E-state index is 0.668. The molecule has 0 nitrogen and oxygen atoms in total. The molecule has 0 radical (unpaired) electrons. The Morgan fingerprint density at radius 1 is 1.54 bits per heavy atom. The summed E-state index contributed by atoms with van der Waals surface area (Å²) in [5.41, 5.74) is 3.92. The van der Waals surface area contributed by atoms with Crippen molar-refractivity contribution in [3.63, 3.8) is 0 Å². The molecule has 1 atom stereocenters. The van der Waals surface area contributed by atoms with Crippen LogP contribution in [0.1, 0.15) is 33.1 Å². The lowest BCUT2D eigenvalue weighted by Gasteiger charge is -2.06. The van der Waals surface area contributed by atoms with E-state index in [9.17, 15) is 0 Å². The highest BCUT2D eigenvalue weighted by Crippen LogP contribution is 2.13. The third-order valence-corrected chi connectivity index (χ3v) is 2.00. The van der Waals surface area contributed by atoms with E-state index in [4.69, 9.17) is 0 Å².